The van der Waals surface area contributed by atoms with Gasteiger partial charge in [0, 0.05) is 24.1 Å². The molecular formula is C25H19F3O4. The van der Waals surface area contributed by atoms with Gasteiger partial charge in [-0.1, -0.05) is 12.1 Å². The molecule has 0 aliphatic carbocycles. The van der Waals surface area contributed by atoms with Crippen molar-refractivity contribution < 1.29 is 27.1 Å². The molecule has 3 aromatic carbocycles. The number of methoxy groups -OCH3 is 1. The van der Waals surface area contributed by atoms with Crippen molar-refractivity contribution in [2.24, 2.45) is 0 Å². The first-order valence-electron chi connectivity index (χ1n) is 9.81. The van der Waals surface area contributed by atoms with Crippen molar-refractivity contribution >= 4 is 11.0 Å². The standard InChI is InChI=1S/C25H19F3O4/c1-14-3-4-15(21(27)9-14)10-20-24(31-13-16-5-6-17(26)11-22(16)28)19-8-7-18(30-2)12-23(19)32-25(20)29/h3-9,11-12H,10,13H2,1-2H3. The number of aryl methyl sites for hydroxylation is 1. The number of hydrogen-bond donors (Lipinski definition) is 0. The van der Waals surface area contributed by atoms with E-state index in [0.717, 1.165) is 17.7 Å². The third kappa shape index (κ3) is 4.32. The Hall–Kier alpha value is -3.74. The molecule has 0 radical (unpaired) electrons. The fourth-order valence-electron chi connectivity index (χ4n) is 3.41. The summed E-state index contributed by atoms with van der Waals surface area (Å²) < 4.78 is 58.3. The number of benzene rings is 3. The zero-order valence-electron chi connectivity index (χ0n) is 17.4. The summed E-state index contributed by atoms with van der Waals surface area (Å²) in [5.41, 5.74) is 0.722. The van der Waals surface area contributed by atoms with Crippen LogP contribution in [0.5, 0.6) is 11.5 Å². The largest absolute Gasteiger partial charge is 0.497 e. The van der Waals surface area contributed by atoms with E-state index in [1.807, 2.05) is 0 Å². The Kier molecular flexibility index (Phi) is 5.90. The fraction of sp³-hybridized carbons (Fsp3) is 0.160. The molecule has 1 aromatic heterocycles. The lowest BCUT2D eigenvalue weighted by Gasteiger charge is -2.15. The quantitative estimate of drug-likeness (QED) is 0.361. The summed E-state index contributed by atoms with van der Waals surface area (Å²) in [5.74, 6) is -1.34. The maximum atomic E-state index is 14.5. The summed E-state index contributed by atoms with van der Waals surface area (Å²) in [7, 11) is 1.47. The zero-order chi connectivity index (χ0) is 22.8. The molecule has 0 aliphatic rings. The molecule has 0 saturated carbocycles. The lowest BCUT2D eigenvalue weighted by molar-refractivity contribution is 0.297. The van der Waals surface area contributed by atoms with Gasteiger partial charge in [-0.25, -0.2) is 18.0 Å². The Balaban J connectivity index is 1.82. The highest BCUT2D eigenvalue weighted by molar-refractivity contribution is 5.85. The molecule has 1 heterocycles. The van der Waals surface area contributed by atoms with E-state index >= 15 is 0 Å². The van der Waals surface area contributed by atoms with E-state index in [-0.39, 0.29) is 41.1 Å². The Labute approximate surface area is 181 Å². The van der Waals surface area contributed by atoms with Crippen LogP contribution >= 0.6 is 0 Å². The molecule has 0 amide bonds. The Morgan fingerprint density at radius 3 is 2.38 bits per heavy atom. The second kappa shape index (κ2) is 8.78. The van der Waals surface area contributed by atoms with E-state index in [1.165, 1.54) is 25.3 Å². The Bertz CT molecular complexity index is 1360. The maximum absolute atomic E-state index is 14.5. The average molecular weight is 440 g/mol. The van der Waals surface area contributed by atoms with Crippen molar-refractivity contribution in [1.29, 1.82) is 0 Å². The summed E-state index contributed by atoms with van der Waals surface area (Å²) in [4.78, 5) is 12.8. The highest BCUT2D eigenvalue weighted by Crippen LogP contribution is 2.32. The Morgan fingerprint density at radius 2 is 1.66 bits per heavy atom. The Morgan fingerprint density at radius 1 is 0.906 bits per heavy atom. The van der Waals surface area contributed by atoms with Gasteiger partial charge in [-0.05, 0) is 48.4 Å². The maximum Gasteiger partial charge on any atom is 0.343 e. The number of ether oxygens (including phenoxy) is 2. The van der Waals surface area contributed by atoms with Crippen molar-refractivity contribution in [1.82, 2.24) is 0 Å². The minimum absolute atomic E-state index is 0.0857. The second-order valence-corrected chi connectivity index (χ2v) is 7.36. The van der Waals surface area contributed by atoms with Crippen LogP contribution in [0.4, 0.5) is 13.2 Å². The highest BCUT2D eigenvalue weighted by atomic mass is 19.1. The average Bonchev–Trinajstić information content (AvgIpc) is 2.75. The van der Waals surface area contributed by atoms with Gasteiger partial charge in [-0.3, -0.25) is 0 Å². The van der Waals surface area contributed by atoms with E-state index in [4.69, 9.17) is 13.9 Å². The van der Waals surface area contributed by atoms with Crippen LogP contribution in [-0.4, -0.2) is 7.11 Å². The predicted octanol–water partition coefficient (Wildman–Crippen LogP) is 5.70. The van der Waals surface area contributed by atoms with Crippen LogP contribution in [0.3, 0.4) is 0 Å². The van der Waals surface area contributed by atoms with Gasteiger partial charge in [0.2, 0.25) is 0 Å². The molecule has 0 spiro atoms. The van der Waals surface area contributed by atoms with Gasteiger partial charge < -0.3 is 13.9 Å². The summed E-state index contributed by atoms with van der Waals surface area (Å²) in [6.45, 7) is 1.50. The molecule has 0 fully saturated rings. The van der Waals surface area contributed by atoms with Crippen molar-refractivity contribution in [3.05, 3.63) is 105 Å². The molecule has 32 heavy (non-hydrogen) atoms. The van der Waals surface area contributed by atoms with Crippen molar-refractivity contribution in [3.8, 4) is 11.5 Å². The molecule has 164 valence electrons. The van der Waals surface area contributed by atoms with Gasteiger partial charge in [-0.2, -0.15) is 0 Å². The number of hydrogen-bond acceptors (Lipinski definition) is 4. The van der Waals surface area contributed by atoms with Crippen LogP contribution in [0.15, 0.2) is 63.8 Å². The van der Waals surface area contributed by atoms with E-state index in [2.05, 4.69) is 0 Å². The van der Waals surface area contributed by atoms with E-state index in [9.17, 15) is 18.0 Å². The molecule has 0 atom stereocenters. The van der Waals surface area contributed by atoms with Crippen molar-refractivity contribution in [2.45, 2.75) is 20.0 Å². The van der Waals surface area contributed by atoms with Crippen LogP contribution in [-0.2, 0) is 13.0 Å². The third-order valence-corrected chi connectivity index (χ3v) is 5.12. The van der Waals surface area contributed by atoms with Crippen LogP contribution < -0.4 is 15.1 Å². The summed E-state index contributed by atoms with van der Waals surface area (Å²) in [6.07, 6.45) is -0.0857. The highest BCUT2D eigenvalue weighted by Gasteiger charge is 2.19. The molecule has 0 bridgehead atoms. The van der Waals surface area contributed by atoms with Crippen LogP contribution in [0.2, 0.25) is 0 Å². The monoisotopic (exact) mass is 440 g/mol. The molecule has 0 aliphatic heterocycles. The second-order valence-electron chi connectivity index (χ2n) is 7.36. The van der Waals surface area contributed by atoms with Crippen LogP contribution in [0.25, 0.3) is 11.0 Å². The lowest BCUT2D eigenvalue weighted by atomic mass is 10.0. The van der Waals surface area contributed by atoms with Gasteiger partial charge >= 0.3 is 5.63 Å². The molecule has 7 heteroatoms. The lowest BCUT2D eigenvalue weighted by Crippen LogP contribution is -2.13. The van der Waals surface area contributed by atoms with Crippen LogP contribution in [0.1, 0.15) is 22.3 Å². The number of halogens is 3. The summed E-state index contributed by atoms with van der Waals surface area (Å²) in [6, 6.07) is 12.7. The predicted molar refractivity (Wildman–Crippen MR) is 114 cm³/mol. The SMILES string of the molecule is COc1ccc2c(OCc3ccc(F)cc3F)c(Cc3ccc(C)cc3F)c(=O)oc2c1. The minimum atomic E-state index is -0.773. The van der Waals surface area contributed by atoms with E-state index in [1.54, 1.807) is 31.2 Å². The first-order chi connectivity index (χ1) is 15.4. The molecule has 4 nitrogen and oxygen atoms in total. The fourth-order valence-corrected chi connectivity index (χ4v) is 3.41. The molecule has 4 aromatic rings. The topological polar surface area (TPSA) is 48.7 Å². The van der Waals surface area contributed by atoms with Gasteiger partial charge in [0.15, 0.2) is 0 Å². The molecule has 4 rings (SSSR count). The van der Waals surface area contributed by atoms with Crippen molar-refractivity contribution in [3.63, 3.8) is 0 Å². The zero-order valence-corrected chi connectivity index (χ0v) is 17.4. The third-order valence-electron chi connectivity index (χ3n) is 5.12. The summed E-state index contributed by atoms with van der Waals surface area (Å²) in [5, 5.41) is 0.440. The van der Waals surface area contributed by atoms with E-state index in [0.29, 0.717) is 11.1 Å². The first-order valence-corrected chi connectivity index (χ1v) is 9.81. The molecule has 0 saturated heterocycles. The summed E-state index contributed by atoms with van der Waals surface area (Å²) >= 11 is 0. The smallest absolute Gasteiger partial charge is 0.343 e. The van der Waals surface area contributed by atoms with Gasteiger partial charge in [0.05, 0.1) is 18.1 Å². The number of rotatable bonds is 6. The molecular weight excluding hydrogens is 421 g/mol. The van der Waals surface area contributed by atoms with Gasteiger partial charge in [-0.15, -0.1) is 0 Å². The van der Waals surface area contributed by atoms with E-state index < -0.39 is 23.1 Å². The molecule has 0 unspecified atom stereocenters. The number of fused-ring (bicyclic) bond motifs is 1. The van der Waals surface area contributed by atoms with Gasteiger partial charge in [0.1, 0.15) is 41.1 Å². The first kappa shape index (κ1) is 21.5. The van der Waals surface area contributed by atoms with Crippen molar-refractivity contribution in [2.75, 3.05) is 7.11 Å². The minimum Gasteiger partial charge on any atom is -0.497 e. The van der Waals surface area contributed by atoms with Crippen LogP contribution in [0, 0.1) is 24.4 Å². The molecule has 0 N–H and O–H groups in total. The normalized spacial score (nSPS) is 11.0. The van der Waals surface area contributed by atoms with Gasteiger partial charge in [0.25, 0.3) is 0 Å².